The molecule has 0 rings (SSSR count). The molecule has 110 valence electrons. The number of hydrogen-bond donors (Lipinski definition) is 1. The van der Waals surface area contributed by atoms with E-state index in [-0.39, 0.29) is 6.54 Å². The Morgan fingerprint density at radius 2 is 1.39 bits per heavy atom. The lowest BCUT2D eigenvalue weighted by atomic mass is 10.4. The predicted molar refractivity (Wildman–Crippen MR) is 70.4 cm³/mol. The monoisotopic (exact) mass is 302 g/mol. The van der Waals surface area contributed by atoms with Crippen LogP contribution in [-0.4, -0.2) is 77.6 Å². The summed E-state index contributed by atoms with van der Waals surface area (Å²) in [6.07, 6.45) is 0. The van der Waals surface area contributed by atoms with Gasteiger partial charge in [0, 0.05) is 47.8 Å². The Hall–Kier alpha value is -0.260. The van der Waals surface area contributed by atoms with E-state index >= 15 is 0 Å². The van der Waals surface area contributed by atoms with Gasteiger partial charge in [-0.2, -0.15) is 29.8 Å². The Morgan fingerprint density at radius 1 is 0.944 bits per heavy atom. The van der Waals surface area contributed by atoms with Crippen molar-refractivity contribution < 1.29 is 16.8 Å². The third-order valence-electron chi connectivity index (χ3n) is 2.49. The van der Waals surface area contributed by atoms with Crippen LogP contribution in [0, 0.1) is 0 Å². The normalized spacial score (nSPS) is 15.6. The number of likely N-dealkylation sites (N-methyl/N-ethyl adjacent to an activating group) is 1. The van der Waals surface area contributed by atoms with Gasteiger partial charge in [0.2, 0.25) is 0 Å². The first-order valence-corrected chi connectivity index (χ1v) is 8.09. The summed E-state index contributed by atoms with van der Waals surface area (Å²) in [5.41, 5.74) is 0. The molecule has 0 radical (unpaired) electrons. The largest absolute Gasteiger partial charge is 0.281 e. The summed E-state index contributed by atoms with van der Waals surface area (Å²) in [6.45, 7) is 1.63. The van der Waals surface area contributed by atoms with E-state index in [2.05, 4.69) is 4.72 Å². The van der Waals surface area contributed by atoms with Crippen LogP contribution in [-0.2, 0) is 20.4 Å². The molecule has 0 aliphatic heterocycles. The molecule has 1 atom stereocenters. The highest BCUT2D eigenvalue weighted by Crippen LogP contribution is 2.06. The highest BCUT2D eigenvalue weighted by atomic mass is 32.2. The molecule has 0 amide bonds. The fraction of sp³-hybridized carbons (Fsp3) is 1.00. The molecular formula is C8H22N4O4S2. The van der Waals surface area contributed by atoms with Gasteiger partial charge in [0.05, 0.1) is 0 Å². The van der Waals surface area contributed by atoms with Crippen molar-refractivity contribution in [3.05, 3.63) is 0 Å². The average molecular weight is 302 g/mol. The summed E-state index contributed by atoms with van der Waals surface area (Å²) in [7, 11) is -0.0528. The molecule has 0 saturated heterocycles. The third kappa shape index (κ3) is 4.44. The van der Waals surface area contributed by atoms with Crippen LogP contribution < -0.4 is 4.72 Å². The van der Waals surface area contributed by atoms with Crippen molar-refractivity contribution >= 4 is 20.4 Å². The fourth-order valence-corrected chi connectivity index (χ4v) is 2.72. The van der Waals surface area contributed by atoms with E-state index in [0.717, 1.165) is 12.9 Å². The summed E-state index contributed by atoms with van der Waals surface area (Å²) in [5.74, 6) is 0. The third-order valence-corrected chi connectivity index (χ3v) is 5.99. The van der Waals surface area contributed by atoms with Gasteiger partial charge >= 0.3 is 0 Å². The predicted octanol–water partition coefficient (Wildman–Crippen LogP) is -1.49. The molecule has 18 heavy (non-hydrogen) atoms. The lowest BCUT2D eigenvalue weighted by Gasteiger charge is -2.27. The topological polar surface area (TPSA) is 90.0 Å². The van der Waals surface area contributed by atoms with Gasteiger partial charge in [-0.15, -0.1) is 0 Å². The van der Waals surface area contributed by atoms with Crippen molar-refractivity contribution in [1.82, 2.24) is 17.6 Å². The molecule has 0 aromatic carbocycles. The van der Waals surface area contributed by atoms with Gasteiger partial charge in [0.25, 0.3) is 20.4 Å². The van der Waals surface area contributed by atoms with E-state index in [0.29, 0.717) is 0 Å². The van der Waals surface area contributed by atoms with E-state index in [1.807, 2.05) is 0 Å². The standard InChI is InChI=1S/C8H22N4O4S2/c1-8(7-9-17(13,14)10(2)3)12(6)18(15,16)11(4)5/h8-9H,7H2,1-6H3/t8-/m0/s1. The average Bonchev–Trinajstić information content (AvgIpc) is 2.24. The summed E-state index contributed by atoms with van der Waals surface area (Å²) in [5, 5.41) is 0. The Labute approximate surface area is 110 Å². The van der Waals surface area contributed by atoms with Crippen molar-refractivity contribution in [2.45, 2.75) is 13.0 Å². The van der Waals surface area contributed by atoms with Crippen LogP contribution in [0.1, 0.15) is 6.92 Å². The summed E-state index contributed by atoms with van der Waals surface area (Å²) < 4.78 is 52.1. The molecule has 0 spiro atoms. The molecule has 0 aromatic heterocycles. The maximum Gasteiger partial charge on any atom is 0.281 e. The highest BCUT2D eigenvalue weighted by molar-refractivity contribution is 7.87. The van der Waals surface area contributed by atoms with Gasteiger partial charge in [0.15, 0.2) is 0 Å². The summed E-state index contributed by atoms with van der Waals surface area (Å²) >= 11 is 0. The van der Waals surface area contributed by atoms with Crippen molar-refractivity contribution in [2.75, 3.05) is 41.8 Å². The summed E-state index contributed by atoms with van der Waals surface area (Å²) in [4.78, 5) is 0. The van der Waals surface area contributed by atoms with Gasteiger partial charge in [-0.1, -0.05) is 0 Å². The smallest absolute Gasteiger partial charge is 0.201 e. The molecule has 0 aliphatic carbocycles. The van der Waals surface area contributed by atoms with Gasteiger partial charge in [-0.05, 0) is 6.92 Å². The molecule has 0 aliphatic rings. The van der Waals surface area contributed by atoms with Gasteiger partial charge in [-0.25, -0.2) is 4.72 Å². The lowest BCUT2D eigenvalue weighted by molar-refractivity contribution is 0.354. The van der Waals surface area contributed by atoms with Gasteiger partial charge in [-0.3, -0.25) is 0 Å². The zero-order valence-electron chi connectivity index (χ0n) is 11.6. The Kier molecular flexibility index (Phi) is 6.17. The minimum absolute atomic E-state index is 0.00405. The van der Waals surface area contributed by atoms with E-state index in [4.69, 9.17) is 0 Å². The van der Waals surface area contributed by atoms with Crippen LogP contribution in [0.2, 0.25) is 0 Å². The van der Waals surface area contributed by atoms with E-state index in [1.54, 1.807) is 6.92 Å². The molecule has 8 nitrogen and oxygen atoms in total. The lowest BCUT2D eigenvalue weighted by Crippen LogP contribution is -2.48. The van der Waals surface area contributed by atoms with Crippen LogP contribution in [0.3, 0.4) is 0 Å². The van der Waals surface area contributed by atoms with Crippen molar-refractivity contribution in [3.8, 4) is 0 Å². The second-order valence-electron chi connectivity index (χ2n) is 4.29. The second-order valence-corrected chi connectivity index (χ2v) is 8.46. The van der Waals surface area contributed by atoms with E-state index in [1.165, 1.54) is 35.2 Å². The Balaban J connectivity index is 4.68. The van der Waals surface area contributed by atoms with Crippen molar-refractivity contribution in [1.29, 1.82) is 0 Å². The van der Waals surface area contributed by atoms with Gasteiger partial charge in [0.1, 0.15) is 0 Å². The maximum atomic E-state index is 11.8. The molecule has 0 unspecified atom stereocenters. The number of nitrogens with one attached hydrogen (secondary N) is 1. The van der Waals surface area contributed by atoms with Crippen LogP contribution >= 0.6 is 0 Å². The van der Waals surface area contributed by atoms with Crippen LogP contribution in [0.25, 0.3) is 0 Å². The van der Waals surface area contributed by atoms with Gasteiger partial charge < -0.3 is 0 Å². The maximum absolute atomic E-state index is 11.8. The van der Waals surface area contributed by atoms with Crippen LogP contribution in [0.4, 0.5) is 0 Å². The SMILES string of the molecule is C[C@@H](CNS(=O)(=O)N(C)C)N(C)S(=O)(=O)N(C)C. The van der Waals surface area contributed by atoms with Crippen LogP contribution in [0.5, 0.6) is 0 Å². The molecule has 0 heterocycles. The van der Waals surface area contributed by atoms with Crippen molar-refractivity contribution in [2.24, 2.45) is 0 Å². The quantitative estimate of drug-likeness (QED) is 0.620. The molecule has 0 bridgehead atoms. The number of rotatable bonds is 7. The summed E-state index contributed by atoms with van der Waals surface area (Å²) in [6, 6.07) is -0.493. The first-order valence-electron chi connectivity index (χ1n) is 5.25. The van der Waals surface area contributed by atoms with Crippen molar-refractivity contribution in [3.63, 3.8) is 0 Å². The minimum atomic E-state index is -3.55. The first-order chi connectivity index (χ1) is 7.93. The molecular weight excluding hydrogens is 280 g/mol. The molecule has 0 aromatic rings. The van der Waals surface area contributed by atoms with E-state index < -0.39 is 26.5 Å². The van der Waals surface area contributed by atoms with E-state index in [9.17, 15) is 16.8 Å². The molecule has 0 saturated carbocycles. The first kappa shape index (κ1) is 17.7. The Bertz CT molecular complexity index is 457. The molecule has 1 N–H and O–H groups in total. The fourth-order valence-electron chi connectivity index (χ4n) is 0.969. The van der Waals surface area contributed by atoms with Crippen LogP contribution in [0.15, 0.2) is 0 Å². The number of hydrogen-bond acceptors (Lipinski definition) is 4. The highest BCUT2D eigenvalue weighted by Gasteiger charge is 2.26. The zero-order chi connectivity index (χ0) is 14.7. The minimum Gasteiger partial charge on any atom is -0.201 e. The molecule has 10 heteroatoms. The molecule has 0 fully saturated rings. The second kappa shape index (κ2) is 6.26. The number of nitrogens with zero attached hydrogens (tertiary/aromatic N) is 3. The zero-order valence-corrected chi connectivity index (χ0v) is 13.2. The Morgan fingerprint density at radius 3 is 1.72 bits per heavy atom.